The summed E-state index contributed by atoms with van der Waals surface area (Å²) in [5.41, 5.74) is 3.43. The molecule has 0 fully saturated rings. The summed E-state index contributed by atoms with van der Waals surface area (Å²) in [5, 5.41) is 0. The zero-order valence-electron chi connectivity index (χ0n) is 8.17. The van der Waals surface area contributed by atoms with Crippen LogP contribution in [0.25, 0.3) is 6.08 Å². The molecule has 0 radical (unpaired) electrons. The van der Waals surface area contributed by atoms with E-state index in [1.807, 2.05) is 13.0 Å². The largest absolute Gasteiger partial charge is 0.115 e. The van der Waals surface area contributed by atoms with Crippen LogP contribution in [0.3, 0.4) is 0 Å². The molecule has 13 heavy (non-hydrogen) atoms. The Balaban J connectivity index is 3.15. The smallest absolute Gasteiger partial charge is 0.0280 e. The number of aryl methyl sites for hydroxylation is 1. The van der Waals surface area contributed by atoms with Crippen LogP contribution in [-0.2, 0) is 6.42 Å². The minimum Gasteiger partial charge on any atom is -0.115 e. The van der Waals surface area contributed by atoms with E-state index in [1.165, 1.54) is 11.1 Å². The Bertz CT molecular complexity index is 351. The Morgan fingerprint density at radius 3 is 2.77 bits per heavy atom. The van der Waals surface area contributed by atoms with Crippen LogP contribution in [0.15, 0.2) is 24.3 Å². The maximum atomic E-state index is 5.42. The van der Waals surface area contributed by atoms with Crippen LogP contribution in [-0.4, -0.2) is 0 Å². The fraction of sp³-hybridized carbons (Fsp3) is 0.231. The minimum atomic E-state index is 0.996. The normalized spacial score (nSPS) is 10.2. The second kappa shape index (κ2) is 4.52. The summed E-state index contributed by atoms with van der Waals surface area (Å²) in [6.07, 6.45) is 10.5. The zero-order chi connectivity index (χ0) is 9.68. The highest BCUT2D eigenvalue weighted by Crippen LogP contribution is 2.12. The molecule has 0 nitrogen and oxygen atoms in total. The third-order valence-corrected chi connectivity index (χ3v) is 2.03. The lowest BCUT2D eigenvalue weighted by Crippen LogP contribution is -1.87. The third-order valence-electron chi connectivity index (χ3n) is 2.03. The molecule has 0 heterocycles. The number of rotatable bonds is 2. The lowest BCUT2D eigenvalue weighted by molar-refractivity contribution is 1.13. The van der Waals surface area contributed by atoms with Crippen LogP contribution in [0.5, 0.6) is 0 Å². The molecule has 0 bridgehead atoms. The number of terminal acetylenes is 1. The highest BCUT2D eigenvalue weighted by Gasteiger charge is 1.97. The van der Waals surface area contributed by atoms with Crippen molar-refractivity contribution in [2.24, 2.45) is 0 Å². The molecule has 0 spiro atoms. The molecule has 0 unspecified atom stereocenters. The van der Waals surface area contributed by atoms with Gasteiger partial charge in [-0.2, -0.15) is 0 Å². The average Bonchev–Trinajstić information content (AvgIpc) is 2.18. The molecule has 1 aromatic carbocycles. The van der Waals surface area contributed by atoms with Gasteiger partial charge in [-0.15, -0.1) is 6.42 Å². The van der Waals surface area contributed by atoms with Gasteiger partial charge >= 0.3 is 0 Å². The first-order valence-electron chi connectivity index (χ1n) is 4.54. The molecule has 0 amide bonds. The van der Waals surface area contributed by atoms with E-state index < -0.39 is 0 Å². The highest BCUT2D eigenvalue weighted by atomic mass is 14.0. The van der Waals surface area contributed by atoms with Gasteiger partial charge in [0.15, 0.2) is 0 Å². The van der Waals surface area contributed by atoms with E-state index >= 15 is 0 Å². The molecule has 0 saturated heterocycles. The first-order valence-corrected chi connectivity index (χ1v) is 4.54. The van der Waals surface area contributed by atoms with Crippen LogP contribution in [0.2, 0.25) is 0 Å². The summed E-state index contributed by atoms with van der Waals surface area (Å²) in [4.78, 5) is 0. The van der Waals surface area contributed by atoms with Crippen molar-refractivity contribution in [3.8, 4) is 12.3 Å². The maximum absolute atomic E-state index is 5.42. The lowest BCUT2D eigenvalue weighted by atomic mass is 10.0. The summed E-state index contributed by atoms with van der Waals surface area (Å²) in [5.74, 6) is 2.71. The minimum absolute atomic E-state index is 0.996. The quantitative estimate of drug-likeness (QED) is 0.598. The van der Waals surface area contributed by atoms with E-state index in [-0.39, 0.29) is 0 Å². The molecule has 1 rings (SSSR count). The van der Waals surface area contributed by atoms with Crippen LogP contribution in [0, 0.1) is 12.3 Å². The van der Waals surface area contributed by atoms with Gasteiger partial charge in [-0.25, -0.2) is 0 Å². The van der Waals surface area contributed by atoms with E-state index in [0.29, 0.717) is 0 Å². The molecule has 0 aliphatic heterocycles. The summed E-state index contributed by atoms with van der Waals surface area (Å²) in [7, 11) is 0. The highest BCUT2D eigenvalue weighted by molar-refractivity contribution is 5.54. The van der Waals surface area contributed by atoms with Gasteiger partial charge in [-0.1, -0.05) is 37.1 Å². The zero-order valence-corrected chi connectivity index (χ0v) is 8.17. The van der Waals surface area contributed by atoms with Gasteiger partial charge in [0, 0.05) is 5.56 Å². The van der Waals surface area contributed by atoms with Gasteiger partial charge in [0.05, 0.1) is 0 Å². The molecule has 0 N–H and O–H groups in total. The van der Waals surface area contributed by atoms with Crippen molar-refractivity contribution in [3.63, 3.8) is 0 Å². The lowest BCUT2D eigenvalue weighted by Gasteiger charge is -2.02. The van der Waals surface area contributed by atoms with Crippen LogP contribution >= 0.6 is 0 Å². The van der Waals surface area contributed by atoms with E-state index in [1.54, 1.807) is 0 Å². The van der Waals surface area contributed by atoms with Crippen molar-refractivity contribution >= 4 is 6.08 Å². The molecule has 1 aromatic rings. The molecular weight excluding hydrogens is 156 g/mol. The predicted molar refractivity (Wildman–Crippen MR) is 58.5 cm³/mol. The summed E-state index contributed by atoms with van der Waals surface area (Å²) < 4.78 is 0. The molecule has 0 aliphatic carbocycles. The first-order chi connectivity index (χ1) is 6.31. The van der Waals surface area contributed by atoms with Crippen LogP contribution in [0.1, 0.15) is 30.5 Å². The Morgan fingerprint density at radius 2 is 2.23 bits per heavy atom. The van der Waals surface area contributed by atoms with Crippen molar-refractivity contribution in [1.29, 1.82) is 0 Å². The van der Waals surface area contributed by atoms with E-state index in [2.05, 4.69) is 37.1 Å². The van der Waals surface area contributed by atoms with Gasteiger partial charge < -0.3 is 0 Å². The number of benzene rings is 1. The molecule has 0 saturated carbocycles. The van der Waals surface area contributed by atoms with Crippen molar-refractivity contribution in [3.05, 3.63) is 41.0 Å². The topological polar surface area (TPSA) is 0 Å². The summed E-state index contributed by atoms with van der Waals surface area (Å²) in [6.45, 7) is 4.12. The Morgan fingerprint density at radius 1 is 1.46 bits per heavy atom. The van der Waals surface area contributed by atoms with Crippen molar-refractivity contribution < 1.29 is 0 Å². The summed E-state index contributed by atoms with van der Waals surface area (Å²) >= 11 is 0. The van der Waals surface area contributed by atoms with Gasteiger partial charge in [0.25, 0.3) is 0 Å². The molecule has 0 aromatic heterocycles. The van der Waals surface area contributed by atoms with Gasteiger partial charge in [-0.3, -0.25) is 0 Å². The number of hydrogen-bond acceptors (Lipinski definition) is 0. The number of allylic oxidation sites excluding steroid dienone is 1. The molecular formula is C13H14. The van der Waals surface area contributed by atoms with Crippen molar-refractivity contribution in [2.75, 3.05) is 0 Å². The van der Waals surface area contributed by atoms with Crippen molar-refractivity contribution in [1.82, 2.24) is 0 Å². The fourth-order valence-corrected chi connectivity index (χ4v) is 1.33. The monoisotopic (exact) mass is 170 g/mol. The SMILES string of the molecule is C#Cc1cc(/C=C/C)ccc1CC. The van der Waals surface area contributed by atoms with Crippen molar-refractivity contribution in [2.45, 2.75) is 20.3 Å². The van der Waals surface area contributed by atoms with Crippen LogP contribution < -0.4 is 0 Å². The molecule has 0 heteroatoms. The standard InChI is InChI=1S/C13H14/c1-4-7-11-8-9-12(5-2)13(6-3)10-11/h3-4,7-10H,5H2,1-2H3/b7-4+. The fourth-order valence-electron chi connectivity index (χ4n) is 1.33. The predicted octanol–water partition coefficient (Wildman–Crippen LogP) is 3.26. The molecule has 0 aliphatic rings. The van der Waals surface area contributed by atoms with Gasteiger partial charge in [0.2, 0.25) is 0 Å². The third kappa shape index (κ3) is 2.23. The van der Waals surface area contributed by atoms with E-state index in [9.17, 15) is 0 Å². The average molecular weight is 170 g/mol. The summed E-state index contributed by atoms with van der Waals surface area (Å²) in [6, 6.07) is 6.25. The second-order valence-electron chi connectivity index (χ2n) is 2.91. The Labute approximate surface area is 80.3 Å². The second-order valence-corrected chi connectivity index (χ2v) is 2.91. The van der Waals surface area contributed by atoms with Gasteiger partial charge in [0.1, 0.15) is 0 Å². The van der Waals surface area contributed by atoms with E-state index in [4.69, 9.17) is 6.42 Å². The van der Waals surface area contributed by atoms with Gasteiger partial charge in [-0.05, 0) is 30.5 Å². The maximum Gasteiger partial charge on any atom is 0.0280 e. The molecule has 66 valence electrons. The van der Waals surface area contributed by atoms with E-state index in [0.717, 1.165) is 12.0 Å². The first kappa shape index (κ1) is 9.61. The molecule has 0 atom stereocenters. The number of hydrogen-bond donors (Lipinski definition) is 0. The Kier molecular flexibility index (Phi) is 3.34. The van der Waals surface area contributed by atoms with Crippen LogP contribution in [0.4, 0.5) is 0 Å². The Hall–Kier alpha value is -1.48.